The number of benzene rings is 1. The minimum atomic E-state index is -4.00. The van der Waals surface area contributed by atoms with Gasteiger partial charge in [-0.2, -0.15) is 13.2 Å². The molecule has 204 valence electrons. The fraction of sp³-hybridized carbons (Fsp3) is 0.542. The highest BCUT2D eigenvalue weighted by atomic mass is 19.4. The highest BCUT2D eigenvalue weighted by Gasteiger charge is 2.41. The average molecular weight is 520 g/mol. The number of anilines is 1. The van der Waals surface area contributed by atoms with Crippen molar-refractivity contribution in [2.45, 2.75) is 60.2 Å². The molecule has 1 aromatic rings. The number of carbonyl (C=O) groups is 4. The van der Waals surface area contributed by atoms with E-state index in [-0.39, 0.29) is 18.2 Å². The van der Waals surface area contributed by atoms with Gasteiger partial charge in [-0.1, -0.05) is 37.2 Å². The van der Waals surface area contributed by atoms with Crippen LogP contribution in [0.3, 0.4) is 0 Å². The van der Waals surface area contributed by atoms with Crippen molar-refractivity contribution in [2.24, 2.45) is 10.6 Å². The molecule has 36 heavy (non-hydrogen) atoms. The highest BCUT2D eigenvalue weighted by Crippen LogP contribution is 2.34. The first-order valence-electron chi connectivity index (χ1n) is 11.1. The molecular weight excluding hydrogens is 483 g/mol. The highest BCUT2D eigenvalue weighted by molar-refractivity contribution is 6.41. The lowest BCUT2D eigenvalue weighted by Gasteiger charge is -2.39. The average Bonchev–Trinajstić information content (AvgIpc) is 2.84. The number of carbonyl (C=O) groups excluding carboxylic acids is 4. The smallest absolute Gasteiger partial charge is 0.411 e. The van der Waals surface area contributed by atoms with E-state index in [4.69, 9.17) is 19.2 Å². The number of halogens is 3. The third-order valence-electron chi connectivity index (χ3n) is 4.95. The van der Waals surface area contributed by atoms with Gasteiger partial charge in [0.25, 0.3) is 5.91 Å². The van der Waals surface area contributed by atoms with Crippen LogP contribution < -0.4 is 5.32 Å². The first-order valence-corrected chi connectivity index (χ1v) is 11.1. The summed E-state index contributed by atoms with van der Waals surface area (Å²) in [6, 6.07) is 7.40. The van der Waals surface area contributed by atoms with Gasteiger partial charge in [-0.05, 0) is 38.3 Å². The lowest BCUT2D eigenvalue weighted by Crippen LogP contribution is -2.50. The molecule has 1 aromatic carbocycles. The molecule has 1 saturated heterocycles. The number of amides is 2. The predicted molar refractivity (Wildman–Crippen MR) is 131 cm³/mol. The Bertz CT molecular complexity index is 828. The van der Waals surface area contributed by atoms with Crippen LogP contribution >= 0.6 is 0 Å². The fourth-order valence-electron chi connectivity index (χ4n) is 3.05. The number of nitrogens with one attached hydrogen (secondary N) is 1. The summed E-state index contributed by atoms with van der Waals surface area (Å²) >= 11 is 0. The van der Waals surface area contributed by atoms with Crippen LogP contribution in [-0.4, -0.2) is 62.1 Å². The van der Waals surface area contributed by atoms with E-state index in [2.05, 4.69) is 24.3 Å². The van der Waals surface area contributed by atoms with Crippen LogP contribution in [0.5, 0.6) is 0 Å². The van der Waals surface area contributed by atoms with E-state index in [9.17, 15) is 22.8 Å². The van der Waals surface area contributed by atoms with Crippen molar-refractivity contribution < 1.29 is 41.9 Å². The maximum Gasteiger partial charge on any atom is 0.411 e. The van der Waals surface area contributed by atoms with Crippen molar-refractivity contribution in [1.82, 2.24) is 4.90 Å². The zero-order chi connectivity index (χ0) is 28.4. The molecule has 0 bridgehead atoms. The van der Waals surface area contributed by atoms with Crippen molar-refractivity contribution in [2.75, 3.05) is 25.1 Å². The summed E-state index contributed by atoms with van der Waals surface area (Å²) in [6.45, 7) is 13.6. The zero-order valence-electron chi connectivity index (χ0n) is 21.4. The van der Waals surface area contributed by atoms with E-state index in [1.165, 1.54) is 0 Å². The van der Waals surface area contributed by atoms with E-state index < -0.39 is 12.3 Å². The van der Waals surface area contributed by atoms with Crippen molar-refractivity contribution in [3.05, 3.63) is 29.8 Å². The standard InChI is InChI=1S/C20H29N3O4.C2H3F3.2CH2O/c1-5-20(4)12-13-23(18(24)17(20)22-27-7-3)14-15-10-8-9-11-16(15)21-19(25)26-6-2;1-2(3,4)5;2*1-2/h8-11H,5-7,12-14H2,1-4H3,(H,21,25);1H3;2*1H2/b22-17-;;;. The van der Waals surface area contributed by atoms with Crippen molar-refractivity contribution in [3.8, 4) is 0 Å². The lowest BCUT2D eigenvalue weighted by atomic mass is 9.76. The number of para-hydroxylation sites is 1. The second-order valence-electron chi connectivity index (χ2n) is 7.53. The molecule has 0 aliphatic carbocycles. The topological polar surface area (TPSA) is 114 Å². The number of ether oxygens (including phenoxy) is 1. The van der Waals surface area contributed by atoms with E-state index in [1.54, 1.807) is 17.9 Å². The van der Waals surface area contributed by atoms with Gasteiger partial charge >= 0.3 is 12.3 Å². The third-order valence-corrected chi connectivity index (χ3v) is 4.95. The van der Waals surface area contributed by atoms with Crippen LogP contribution in [-0.2, 0) is 30.5 Å². The quantitative estimate of drug-likeness (QED) is 0.508. The summed E-state index contributed by atoms with van der Waals surface area (Å²) in [5.74, 6) is -0.120. The Labute approximate surface area is 210 Å². The summed E-state index contributed by atoms with van der Waals surface area (Å²) in [4.78, 5) is 47.8. The van der Waals surface area contributed by atoms with Crippen LogP contribution in [0, 0.1) is 5.41 Å². The van der Waals surface area contributed by atoms with E-state index >= 15 is 0 Å². The summed E-state index contributed by atoms with van der Waals surface area (Å²) in [6.07, 6.45) is -2.87. The van der Waals surface area contributed by atoms with Gasteiger partial charge in [0.05, 0.1) is 6.61 Å². The van der Waals surface area contributed by atoms with Gasteiger partial charge in [-0.25, -0.2) is 4.79 Å². The van der Waals surface area contributed by atoms with E-state index in [0.29, 0.717) is 37.7 Å². The molecule has 0 aromatic heterocycles. The summed E-state index contributed by atoms with van der Waals surface area (Å²) in [5, 5.41) is 6.86. The Morgan fingerprint density at radius 2 is 1.69 bits per heavy atom. The molecule has 0 saturated carbocycles. The Balaban J connectivity index is 0. The first kappa shape index (κ1) is 34.7. The number of likely N-dealkylation sites (tertiary alicyclic amines) is 1. The summed E-state index contributed by atoms with van der Waals surface area (Å²) in [5.41, 5.74) is 1.66. The Hall–Kier alpha value is -3.44. The normalized spacial score (nSPS) is 17.8. The number of alkyl halides is 3. The zero-order valence-corrected chi connectivity index (χ0v) is 21.4. The molecule has 1 N–H and O–H groups in total. The molecular formula is C24H36F3N3O6. The molecule has 1 unspecified atom stereocenters. The second kappa shape index (κ2) is 17.9. The molecule has 12 heteroatoms. The molecule has 1 atom stereocenters. The van der Waals surface area contributed by atoms with Crippen LogP contribution in [0.25, 0.3) is 0 Å². The number of hydrogen-bond acceptors (Lipinski definition) is 7. The van der Waals surface area contributed by atoms with Crippen molar-refractivity contribution in [1.29, 1.82) is 0 Å². The maximum atomic E-state index is 13.0. The van der Waals surface area contributed by atoms with Gasteiger partial charge in [-0.15, -0.1) is 0 Å². The van der Waals surface area contributed by atoms with Crippen molar-refractivity contribution in [3.63, 3.8) is 0 Å². The fourth-order valence-corrected chi connectivity index (χ4v) is 3.05. The van der Waals surface area contributed by atoms with E-state index in [0.717, 1.165) is 18.4 Å². The molecule has 1 fully saturated rings. The molecule has 1 aliphatic rings. The Kier molecular flexibility index (Phi) is 17.3. The molecule has 1 aliphatic heterocycles. The second-order valence-corrected chi connectivity index (χ2v) is 7.53. The number of oxime groups is 1. The minimum absolute atomic E-state index is 0.120. The molecule has 9 nitrogen and oxygen atoms in total. The molecule has 0 radical (unpaired) electrons. The van der Waals surface area contributed by atoms with Crippen molar-refractivity contribution >= 4 is 37.0 Å². The summed E-state index contributed by atoms with van der Waals surface area (Å²) < 4.78 is 36.0. The number of rotatable bonds is 7. The lowest BCUT2D eigenvalue weighted by molar-refractivity contribution is -0.127. The first-order chi connectivity index (χ1) is 16.9. The molecule has 1 heterocycles. The maximum absolute atomic E-state index is 13.0. The minimum Gasteiger partial charge on any atom is -0.450 e. The Morgan fingerprint density at radius 3 is 2.19 bits per heavy atom. The van der Waals surface area contributed by atoms with Gasteiger partial charge in [0.15, 0.2) is 5.71 Å². The van der Waals surface area contributed by atoms with Crippen LogP contribution in [0.2, 0.25) is 0 Å². The van der Waals surface area contributed by atoms with E-state index in [1.807, 2.05) is 38.7 Å². The number of hydrogen-bond donors (Lipinski definition) is 1. The monoisotopic (exact) mass is 519 g/mol. The SMILES string of the molecule is C=O.C=O.CC(F)(F)F.CCO/N=C1/C(=O)N(Cc2ccccc2NC(=O)OCC)CCC1(C)CC. The number of piperidine rings is 1. The number of nitrogens with zero attached hydrogens (tertiary/aromatic N) is 2. The van der Waals surface area contributed by atoms with Gasteiger partial charge in [0, 0.05) is 31.1 Å². The third kappa shape index (κ3) is 12.9. The summed E-state index contributed by atoms with van der Waals surface area (Å²) in [7, 11) is 0. The van der Waals surface area contributed by atoms with Crippen LogP contribution in [0.15, 0.2) is 29.4 Å². The van der Waals surface area contributed by atoms with Gasteiger partial charge < -0.3 is 24.1 Å². The van der Waals surface area contributed by atoms with Crippen LogP contribution in [0.1, 0.15) is 53.0 Å². The van der Waals surface area contributed by atoms with Gasteiger partial charge in [-0.3, -0.25) is 10.1 Å². The van der Waals surface area contributed by atoms with Crippen LogP contribution in [0.4, 0.5) is 23.7 Å². The predicted octanol–water partition coefficient (Wildman–Crippen LogP) is 4.99. The largest absolute Gasteiger partial charge is 0.450 e. The van der Waals surface area contributed by atoms with Gasteiger partial charge in [0.1, 0.15) is 20.2 Å². The Morgan fingerprint density at radius 1 is 1.14 bits per heavy atom. The molecule has 2 amide bonds. The molecule has 0 spiro atoms. The molecule has 2 rings (SSSR count). The van der Waals surface area contributed by atoms with Gasteiger partial charge in [0.2, 0.25) is 0 Å².